The van der Waals surface area contributed by atoms with E-state index < -0.39 is 14.0 Å². The first-order valence-corrected chi connectivity index (χ1v) is 15.6. The number of hydrogen-bond acceptors (Lipinski definition) is 5. The van der Waals surface area contributed by atoms with Crippen molar-refractivity contribution >= 4 is 14.0 Å². The zero-order valence-electron chi connectivity index (χ0n) is 21.4. The van der Waals surface area contributed by atoms with Gasteiger partial charge in [-0.1, -0.05) is 68.2 Å². The molecule has 3 aromatic carbocycles. The van der Waals surface area contributed by atoms with E-state index in [4.69, 9.17) is 15.2 Å². The summed E-state index contributed by atoms with van der Waals surface area (Å²) >= 11 is 0. The third kappa shape index (κ3) is 6.49. The normalized spacial score (nSPS) is 12.4. The van der Waals surface area contributed by atoms with Gasteiger partial charge in [-0.25, -0.2) is 14.1 Å². The second kappa shape index (κ2) is 11.1. The maximum absolute atomic E-state index is 13.2. The topological polar surface area (TPSA) is 92.3 Å². The molecular weight excluding hydrogens is 487 g/mol. The van der Waals surface area contributed by atoms with Gasteiger partial charge in [0, 0.05) is 16.9 Å². The number of rotatable bonds is 10. The van der Waals surface area contributed by atoms with Crippen LogP contribution in [0.25, 0.3) is 22.5 Å². The van der Waals surface area contributed by atoms with Crippen LogP contribution in [-0.2, 0) is 18.1 Å². The van der Waals surface area contributed by atoms with Gasteiger partial charge in [-0.2, -0.15) is 0 Å². The Labute approximate surface area is 217 Å². The largest absolute Gasteiger partial charge is 0.488 e. The van der Waals surface area contributed by atoms with Crippen molar-refractivity contribution in [2.24, 2.45) is 5.73 Å². The number of amides is 1. The minimum Gasteiger partial charge on any atom is -0.488 e. The van der Waals surface area contributed by atoms with Crippen molar-refractivity contribution in [3.05, 3.63) is 90.0 Å². The summed E-state index contributed by atoms with van der Waals surface area (Å²) in [6, 6.07) is 21.6. The van der Waals surface area contributed by atoms with Gasteiger partial charge in [-0.15, -0.1) is 5.10 Å². The molecule has 2 N–H and O–H groups in total. The van der Waals surface area contributed by atoms with E-state index in [-0.39, 0.29) is 24.1 Å². The van der Waals surface area contributed by atoms with E-state index in [9.17, 15) is 9.18 Å². The van der Waals surface area contributed by atoms with Gasteiger partial charge in [0.05, 0.1) is 8.07 Å². The van der Waals surface area contributed by atoms with E-state index in [2.05, 4.69) is 29.7 Å². The summed E-state index contributed by atoms with van der Waals surface area (Å²) in [4.78, 5) is 16.5. The number of ether oxygens (including phenoxy) is 2. The fourth-order valence-corrected chi connectivity index (χ4v) is 4.14. The standard InChI is InChI=1S/C28H31FN4O3Si/c1-19(37(2,3)4)36-18-33-28(26(30)34)31-27(32-33)22-9-7-8-21(16-22)24-10-5-6-11-25(24)35-17-20-12-14-23(29)15-13-20/h5-16,19H,17-18H2,1-4H3,(H2,30,34). The predicted octanol–water partition coefficient (Wildman–Crippen LogP) is 5.67. The zero-order chi connectivity index (χ0) is 26.6. The SMILES string of the molecule is CC(OCn1nc(-c2cccc(-c3ccccc3OCc3ccc(F)cc3)c2)nc1C(N)=O)[Si](C)(C)C. The van der Waals surface area contributed by atoms with E-state index in [1.54, 1.807) is 12.1 Å². The van der Waals surface area contributed by atoms with Crippen molar-refractivity contribution in [2.75, 3.05) is 0 Å². The van der Waals surface area contributed by atoms with Crippen LogP contribution in [0.3, 0.4) is 0 Å². The zero-order valence-corrected chi connectivity index (χ0v) is 22.4. The Kier molecular flexibility index (Phi) is 7.85. The molecule has 192 valence electrons. The molecule has 1 unspecified atom stereocenters. The van der Waals surface area contributed by atoms with Crippen LogP contribution in [0.1, 0.15) is 23.1 Å². The first-order chi connectivity index (χ1) is 17.6. The molecule has 9 heteroatoms. The molecule has 37 heavy (non-hydrogen) atoms. The number of nitrogens with zero attached hydrogens (tertiary/aromatic N) is 3. The van der Waals surface area contributed by atoms with Crippen molar-refractivity contribution in [2.45, 2.75) is 45.6 Å². The van der Waals surface area contributed by atoms with Crippen LogP contribution in [-0.4, -0.2) is 34.5 Å². The van der Waals surface area contributed by atoms with E-state index in [1.165, 1.54) is 16.8 Å². The van der Waals surface area contributed by atoms with Crippen molar-refractivity contribution < 1.29 is 18.7 Å². The second-order valence-corrected chi connectivity index (χ2v) is 15.5. The fraction of sp³-hybridized carbons (Fsp3) is 0.250. The second-order valence-electron chi connectivity index (χ2n) is 9.92. The van der Waals surface area contributed by atoms with Crippen LogP contribution in [0.2, 0.25) is 19.6 Å². The molecule has 0 saturated carbocycles. The Hall–Kier alpha value is -3.82. The lowest BCUT2D eigenvalue weighted by Gasteiger charge is -2.25. The number of aromatic nitrogens is 3. The van der Waals surface area contributed by atoms with Crippen molar-refractivity contribution in [3.63, 3.8) is 0 Å². The fourth-order valence-electron chi connectivity index (χ4n) is 3.57. The molecule has 0 aliphatic heterocycles. The maximum Gasteiger partial charge on any atom is 0.286 e. The van der Waals surface area contributed by atoms with Gasteiger partial charge in [-0.3, -0.25) is 4.79 Å². The van der Waals surface area contributed by atoms with Crippen LogP contribution in [0, 0.1) is 5.82 Å². The summed E-state index contributed by atoms with van der Waals surface area (Å²) < 4.78 is 26.7. The number of benzene rings is 3. The lowest BCUT2D eigenvalue weighted by atomic mass is 10.0. The monoisotopic (exact) mass is 518 g/mol. The Morgan fingerprint density at radius 3 is 2.43 bits per heavy atom. The van der Waals surface area contributed by atoms with E-state index in [0.29, 0.717) is 18.2 Å². The molecular formula is C28H31FN4O3Si. The molecule has 0 aliphatic carbocycles. The van der Waals surface area contributed by atoms with Gasteiger partial charge in [0.25, 0.3) is 5.91 Å². The molecule has 0 spiro atoms. The number of carbonyl (C=O) groups is 1. The molecule has 4 rings (SSSR count). The first-order valence-electron chi connectivity index (χ1n) is 12.0. The number of primary amides is 1. The molecule has 0 fully saturated rings. The highest BCUT2D eigenvalue weighted by atomic mass is 28.3. The van der Waals surface area contributed by atoms with Crippen molar-refractivity contribution in [3.8, 4) is 28.3 Å². The van der Waals surface area contributed by atoms with Gasteiger partial charge in [0.2, 0.25) is 5.82 Å². The van der Waals surface area contributed by atoms with Gasteiger partial charge in [-0.05, 0) is 42.3 Å². The van der Waals surface area contributed by atoms with Gasteiger partial charge < -0.3 is 15.2 Å². The number of nitrogens with two attached hydrogens (primary N) is 1. The highest BCUT2D eigenvalue weighted by Gasteiger charge is 2.24. The summed E-state index contributed by atoms with van der Waals surface area (Å²) in [6.07, 6.45) is 0. The maximum atomic E-state index is 13.2. The quantitative estimate of drug-likeness (QED) is 0.273. The van der Waals surface area contributed by atoms with Crippen LogP contribution < -0.4 is 10.5 Å². The van der Waals surface area contributed by atoms with Gasteiger partial charge in [0.15, 0.2) is 5.82 Å². The lowest BCUT2D eigenvalue weighted by Crippen LogP contribution is -2.38. The van der Waals surface area contributed by atoms with Gasteiger partial charge >= 0.3 is 0 Å². The minimum atomic E-state index is -1.53. The molecule has 1 atom stereocenters. The smallest absolute Gasteiger partial charge is 0.286 e. The number of hydrogen-bond donors (Lipinski definition) is 1. The molecule has 1 amide bonds. The molecule has 7 nitrogen and oxygen atoms in total. The Morgan fingerprint density at radius 2 is 1.73 bits per heavy atom. The predicted molar refractivity (Wildman–Crippen MR) is 144 cm³/mol. The average molecular weight is 519 g/mol. The van der Waals surface area contributed by atoms with Crippen LogP contribution in [0.5, 0.6) is 5.75 Å². The molecule has 4 aromatic rings. The number of carbonyl (C=O) groups excluding carboxylic acids is 1. The highest BCUT2D eigenvalue weighted by Crippen LogP contribution is 2.32. The summed E-state index contributed by atoms with van der Waals surface area (Å²) in [7, 11) is -1.53. The van der Waals surface area contributed by atoms with Crippen molar-refractivity contribution in [1.82, 2.24) is 14.8 Å². The van der Waals surface area contributed by atoms with E-state index in [1.807, 2.05) is 55.5 Å². The molecule has 0 radical (unpaired) electrons. The Morgan fingerprint density at radius 1 is 1.03 bits per heavy atom. The molecule has 0 saturated heterocycles. The summed E-state index contributed by atoms with van der Waals surface area (Å²) in [5.41, 5.74) is 9.02. The third-order valence-electron chi connectivity index (χ3n) is 6.18. The average Bonchev–Trinajstić information content (AvgIpc) is 3.31. The first kappa shape index (κ1) is 26.2. The number of para-hydroxylation sites is 1. The Bertz CT molecular complexity index is 1380. The van der Waals surface area contributed by atoms with E-state index in [0.717, 1.165) is 22.3 Å². The Balaban J connectivity index is 1.59. The summed E-state index contributed by atoms with van der Waals surface area (Å²) in [5, 5.41) is 4.53. The summed E-state index contributed by atoms with van der Waals surface area (Å²) in [5.74, 6) is 0.164. The van der Waals surface area contributed by atoms with Crippen LogP contribution >= 0.6 is 0 Å². The lowest BCUT2D eigenvalue weighted by molar-refractivity contribution is 0.0464. The molecule has 1 heterocycles. The molecule has 0 aliphatic rings. The van der Waals surface area contributed by atoms with Crippen molar-refractivity contribution in [1.29, 1.82) is 0 Å². The third-order valence-corrected chi connectivity index (χ3v) is 8.79. The van der Waals surface area contributed by atoms with Crippen LogP contribution in [0.15, 0.2) is 72.8 Å². The number of halogens is 1. The molecule has 1 aromatic heterocycles. The molecule has 0 bridgehead atoms. The highest BCUT2D eigenvalue weighted by molar-refractivity contribution is 6.77. The van der Waals surface area contributed by atoms with Gasteiger partial charge in [0.1, 0.15) is 24.9 Å². The van der Waals surface area contributed by atoms with E-state index >= 15 is 0 Å². The summed E-state index contributed by atoms with van der Waals surface area (Å²) in [6.45, 7) is 9.08. The van der Waals surface area contributed by atoms with Crippen LogP contribution in [0.4, 0.5) is 4.39 Å². The minimum absolute atomic E-state index is 0.0474.